The molecule has 34 heavy (non-hydrogen) atoms. The number of anilines is 1. The largest absolute Gasteiger partial charge is 0.361 e. The number of aromatic nitrogens is 3. The molecule has 8 nitrogen and oxygen atoms in total. The molecule has 3 aromatic rings. The Kier molecular flexibility index (Phi) is 6.16. The Morgan fingerprint density at radius 3 is 2.97 bits per heavy atom. The molecule has 8 heteroatoms. The van der Waals surface area contributed by atoms with Crippen molar-refractivity contribution in [1.29, 1.82) is 0 Å². The monoisotopic (exact) mass is 462 g/mol. The van der Waals surface area contributed by atoms with Gasteiger partial charge in [-0.1, -0.05) is 13.0 Å². The number of carbonyl (C=O) groups is 1. The maximum Gasteiger partial charge on any atom is 0.294 e. The van der Waals surface area contributed by atoms with Gasteiger partial charge < -0.3 is 15.6 Å². The molecular formula is C26H34N6O2. The van der Waals surface area contributed by atoms with Crippen molar-refractivity contribution in [2.45, 2.75) is 65.1 Å². The Bertz CT molecular complexity index is 1240. The predicted octanol–water partition coefficient (Wildman–Crippen LogP) is 3.37. The van der Waals surface area contributed by atoms with Crippen LogP contribution in [0.15, 0.2) is 41.5 Å². The Morgan fingerprint density at radius 2 is 2.15 bits per heavy atom. The molecular weight excluding hydrogens is 428 g/mol. The minimum atomic E-state index is -0.256. The first-order valence-electron chi connectivity index (χ1n) is 12.3. The average Bonchev–Trinajstić information content (AvgIpc) is 3.19. The fraction of sp³-hybridized carbons (Fsp3) is 0.500. The van der Waals surface area contributed by atoms with E-state index in [9.17, 15) is 9.59 Å². The van der Waals surface area contributed by atoms with Gasteiger partial charge in [-0.3, -0.25) is 19.1 Å². The number of aromatic amines is 1. The summed E-state index contributed by atoms with van der Waals surface area (Å²) in [5.74, 6) is 0.105. The molecule has 2 aromatic heterocycles. The number of rotatable bonds is 9. The number of H-pyrrole nitrogens is 1. The molecule has 0 radical (unpaired) electrons. The molecule has 1 aromatic carbocycles. The number of amides is 1. The normalized spacial score (nSPS) is 19.4. The fourth-order valence-electron chi connectivity index (χ4n) is 5.00. The average molecular weight is 463 g/mol. The van der Waals surface area contributed by atoms with Crippen molar-refractivity contribution < 1.29 is 4.79 Å². The highest BCUT2D eigenvalue weighted by Crippen LogP contribution is 2.50. The van der Waals surface area contributed by atoms with Crippen molar-refractivity contribution in [2.75, 3.05) is 18.5 Å². The molecule has 1 amide bonds. The third-order valence-electron chi connectivity index (χ3n) is 7.44. The molecule has 3 heterocycles. The van der Waals surface area contributed by atoms with Crippen LogP contribution in [0.5, 0.6) is 0 Å². The molecule has 0 unspecified atom stereocenters. The van der Waals surface area contributed by atoms with Crippen LogP contribution < -0.4 is 16.2 Å². The van der Waals surface area contributed by atoms with Gasteiger partial charge in [0.1, 0.15) is 6.54 Å². The number of fused-ring (bicyclic) bond motifs is 1. The first-order valence-corrected chi connectivity index (χ1v) is 12.3. The van der Waals surface area contributed by atoms with Gasteiger partial charge in [0.15, 0.2) is 5.82 Å². The standard InChI is InChI=1S/C26H34N6O2/c1-18-14-29-24(30-17-31-11-3-4-21(31)13-26(2)8-9-26)25(34)32(18)16-23(33)28-15-19-5-6-22-20(12-19)7-10-27-22/h5-7,10,12,14,21,27H,3-4,8-9,11,13,15-17H2,1-2H3,(H,28,33)(H,29,30)/t21-/m1/s1. The fourth-order valence-corrected chi connectivity index (χ4v) is 5.00. The van der Waals surface area contributed by atoms with Crippen LogP contribution >= 0.6 is 0 Å². The Morgan fingerprint density at radius 1 is 1.29 bits per heavy atom. The summed E-state index contributed by atoms with van der Waals surface area (Å²) in [6.07, 6.45) is 9.87. The van der Waals surface area contributed by atoms with E-state index in [4.69, 9.17) is 0 Å². The third-order valence-corrected chi connectivity index (χ3v) is 7.44. The van der Waals surface area contributed by atoms with E-state index >= 15 is 0 Å². The van der Waals surface area contributed by atoms with E-state index in [1.165, 1.54) is 36.7 Å². The minimum absolute atomic E-state index is 0.0288. The summed E-state index contributed by atoms with van der Waals surface area (Å²) < 4.78 is 1.49. The van der Waals surface area contributed by atoms with Crippen LogP contribution in [0.2, 0.25) is 0 Å². The summed E-state index contributed by atoms with van der Waals surface area (Å²) in [6.45, 7) is 6.22. The van der Waals surface area contributed by atoms with Crippen LogP contribution in [0.1, 0.15) is 50.3 Å². The third kappa shape index (κ3) is 5.01. The molecule has 0 bridgehead atoms. The predicted molar refractivity (Wildman–Crippen MR) is 134 cm³/mol. The molecule has 1 aliphatic carbocycles. The lowest BCUT2D eigenvalue weighted by Gasteiger charge is -2.27. The van der Waals surface area contributed by atoms with Crippen molar-refractivity contribution in [3.05, 3.63) is 58.3 Å². The van der Waals surface area contributed by atoms with Gasteiger partial charge in [-0.15, -0.1) is 0 Å². The van der Waals surface area contributed by atoms with E-state index in [0.29, 0.717) is 36.2 Å². The lowest BCUT2D eigenvalue weighted by atomic mass is 9.98. The van der Waals surface area contributed by atoms with E-state index < -0.39 is 0 Å². The van der Waals surface area contributed by atoms with Crippen molar-refractivity contribution in [1.82, 2.24) is 24.8 Å². The van der Waals surface area contributed by atoms with Crippen molar-refractivity contribution in [2.24, 2.45) is 5.41 Å². The number of aryl methyl sites for hydroxylation is 1. The molecule has 2 aliphatic rings. The van der Waals surface area contributed by atoms with E-state index in [1.807, 2.05) is 30.5 Å². The maximum atomic E-state index is 13.1. The SMILES string of the molecule is Cc1cnc(NCN2CCC[C@@H]2CC2(C)CC2)c(=O)n1CC(=O)NCc1ccc2[nH]ccc2c1. The first-order chi connectivity index (χ1) is 16.4. The topological polar surface area (TPSA) is 95.1 Å². The smallest absolute Gasteiger partial charge is 0.294 e. The second-order valence-electron chi connectivity index (χ2n) is 10.3. The Labute approximate surface area is 199 Å². The summed E-state index contributed by atoms with van der Waals surface area (Å²) in [7, 11) is 0. The summed E-state index contributed by atoms with van der Waals surface area (Å²) >= 11 is 0. The highest BCUT2D eigenvalue weighted by atomic mass is 16.2. The zero-order valence-corrected chi connectivity index (χ0v) is 20.1. The number of likely N-dealkylation sites (tertiary alicyclic amines) is 1. The number of nitrogens with zero attached hydrogens (tertiary/aromatic N) is 3. The van der Waals surface area contributed by atoms with E-state index in [1.54, 1.807) is 13.1 Å². The van der Waals surface area contributed by atoms with E-state index in [0.717, 1.165) is 23.0 Å². The highest BCUT2D eigenvalue weighted by molar-refractivity contribution is 5.80. The maximum absolute atomic E-state index is 13.1. The second kappa shape index (κ2) is 9.25. The number of nitrogens with one attached hydrogen (secondary N) is 3. The molecule has 3 N–H and O–H groups in total. The molecule has 1 saturated carbocycles. The molecule has 0 spiro atoms. The number of hydrogen-bond donors (Lipinski definition) is 3. The lowest BCUT2D eigenvalue weighted by molar-refractivity contribution is -0.121. The molecule has 5 rings (SSSR count). The zero-order valence-electron chi connectivity index (χ0n) is 20.1. The first kappa shape index (κ1) is 22.7. The molecule has 2 fully saturated rings. The highest BCUT2D eigenvalue weighted by Gasteiger charge is 2.41. The summed E-state index contributed by atoms with van der Waals surface area (Å²) in [6, 6.07) is 8.62. The van der Waals surface area contributed by atoms with Gasteiger partial charge in [-0.2, -0.15) is 0 Å². The van der Waals surface area contributed by atoms with Crippen LogP contribution in [-0.4, -0.2) is 44.6 Å². The van der Waals surface area contributed by atoms with Gasteiger partial charge in [0.25, 0.3) is 5.56 Å². The molecule has 1 saturated heterocycles. The lowest BCUT2D eigenvalue weighted by Crippen LogP contribution is -2.38. The molecule has 180 valence electrons. The van der Waals surface area contributed by atoms with Gasteiger partial charge in [-0.05, 0) is 73.6 Å². The van der Waals surface area contributed by atoms with E-state index in [2.05, 4.69) is 32.4 Å². The number of hydrogen-bond acceptors (Lipinski definition) is 5. The van der Waals surface area contributed by atoms with Crippen LogP contribution in [0, 0.1) is 12.3 Å². The van der Waals surface area contributed by atoms with Crippen molar-refractivity contribution in [3.8, 4) is 0 Å². The molecule has 1 atom stereocenters. The van der Waals surface area contributed by atoms with Gasteiger partial charge in [0, 0.05) is 42.7 Å². The summed E-state index contributed by atoms with van der Waals surface area (Å²) in [5.41, 5.74) is 3.01. The summed E-state index contributed by atoms with van der Waals surface area (Å²) in [4.78, 5) is 35.6. The van der Waals surface area contributed by atoms with Crippen molar-refractivity contribution >= 4 is 22.6 Å². The molecule has 1 aliphatic heterocycles. The Balaban J connectivity index is 1.19. The minimum Gasteiger partial charge on any atom is -0.361 e. The second-order valence-corrected chi connectivity index (χ2v) is 10.3. The van der Waals surface area contributed by atoms with Crippen molar-refractivity contribution in [3.63, 3.8) is 0 Å². The number of carbonyl (C=O) groups excluding carboxylic acids is 1. The number of benzene rings is 1. The summed E-state index contributed by atoms with van der Waals surface area (Å²) in [5, 5.41) is 7.29. The zero-order chi connectivity index (χ0) is 23.7. The van der Waals surface area contributed by atoms with Crippen LogP contribution in [0.25, 0.3) is 10.9 Å². The van der Waals surface area contributed by atoms with Crippen LogP contribution in [-0.2, 0) is 17.9 Å². The van der Waals surface area contributed by atoms with Gasteiger partial charge in [-0.25, -0.2) is 4.98 Å². The van der Waals surface area contributed by atoms with Gasteiger partial charge in [0.05, 0.1) is 6.67 Å². The van der Waals surface area contributed by atoms with Gasteiger partial charge >= 0.3 is 0 Å². The van der Waals surface area contributed by atoms with Crippen LogP contribution in [0.3, 0.4) is 0 Å². The Hall–Kier alpha value is -3.13. The van der Waals surface area contributed by atoms with Crippen LogP contribution in [0.4, 0.5) is 5.82 Å². The quantitative estimate of drug-likeness (QED) is 0.453. The van der Waals surface area contributed by atoms with Gasteiger partial charge in [0.2, 0.25) is 5.91 Å². The van der Waals surface area contributed by atoms with E-state index in [-0.39, 0.29) is 18.0 Å².